The molecule has 1 fully saturated rings. The summed E-state index contributed by atoms with van der Waals surface area (Å²) in [6.07, 6.45) is -1.23. The van der Waals surface area contributed by atoms with Crippen molar-refractivity contribution in [2.45, 2.75) is 44.6 Å². The van der Waals surface area contributed by atoms with E-state index < -0.39 is 60.9 Å². The quantitative estimate of drug-likeness (QED) is 0.586. The molecule has 11 heteroatoms. The Morgan fingerprint density at radius 1 is 1.23 bits per heavy atom. The predicted molar refractivity (Wildman–Crippen MR) is 101 cm³/mol. The Hall–Kier alpha value is -3.37. The first-order valence-corrected chi connectivity index (χ1v) is 9.70. The first-order valence-electron chi connectivity index (χ1n) is 9.70. The second-order valence-electron chi connectivity index (χ2n) is 7.31. The molecule has 0 spiro atoms. The molecule has 0 saturated carbocycles. The van der Waals surface area contributed by atoms with Crippen LogP contribution in [0.15, 0.2) is 18.2 Å². The minimum Gasteiger partial charge on any atom is -0.492 e. The number of carbonyl (C=O) groups is 5. The maximum atomic E-state index is 13.9. The lowest BCUT2D eigenvalue weighted by atomic mass is 10.0. The maximum Gasteiger partial charge on any atom is 0.266 e. The van der Waals surface area contributed by atoms with Gasteiger partial charge in [-0.2, -0.15) is 0 Å². The van der Waals surface area contributed by atoms with E-state index in [9.17, 15) is 32.8 Å². The number of hydrogen-bond donors (Lipinski definition) is 2. The average Bonchev–Trinajstić information content (AvgIpc) is 2.93. The number of benzene rings is 1. The SMILES string of the molecule is CC(=O)NCCC(F)(F)CCOc1cccc2c1C(=O)N(C1CCC(=O)NC1=O)C2=O. The highest BCUT2D eigenvalue weighted by atomic mass is 19.3. The lowest BCUT2D eigenvalue weighted by Gasteiger charge is -2.27. The van der Waals surface area contributed by atoms with Gasteiger partial charge in [0.1, 0.15) is 11.8 Å². The van der Waals surface area contributed by atoms with E-state index in [1.165, 1.54) is 25.1 Å². The van der Waals surface area contributed by atoms with Gasteiger partial charge in [-0.15, -0.1) is 0 Å². The van der Waals surface area contributed by atoms with Gasteiger partial charge in [-0.05, 0) is 18.6 Å². The molecular formula is C20H21F2N3O6. The highest BCUT2D eigenvalue weighted by Crippen LogP contribution is 2.34. The van der Waals surface area contributed by atoms with Crippen molar-refractivity contribution in [2.24, 2.45) is 0 Å². The van der Waals surface area contributed by atoms with Crippen LogP contribution in [0.1, 0.15) is 53.3 Å². The van der Waals surface area contributed by atoms with Crippen LogP contribution in [0.4, 0.5) is 8.78 Å². The molecule has 166 valence electrons. The summed E-state index contributed by atoms with van der Waals surface area (Å²) < 4.78 is 33.3. The van der Waals surface area contributed by atoms with Gasteiger partial charge in [-0.1, -0.05) is 6.07 Å². The molecule has 1 atom stereocenters. The van der Waals surface area contributed by atoms with Gasteiger partial charge >= 0.3 is 0 Å². The Bertz CT molecular complexity index is 949. The van der Waals surface area contributed by atoms with Crippen molar-refractivity contribution in [3.63, 3.8) is 0 Å². The lowest BCUT2D eigenvalue weighted by Crippen LogP contribution is -2.54. The fourth-order valence-corrected chi connectivity index (χ4v) is 3.46. The molecular weight excluding hydrogens is 416 g/mol. The Balaban J connectivity index is 1.68. The van der Waals surface area contributed by atoms with Crippen molar-refractivity contribution in [2.75, 3.05) is 13.2 Å². The first kappa shape index (κ1) is 22.3. The van der Waals surface area contributed by atoms with Crippen molar-refractivity contribution in [3.8, 4) is 5.75 Å². The first-order chi connectivity index (χ1) is 14.6. The van der Waals surface area contributed by atoms with Crippen LogP contribution in [0, 0.1) is 0 Å². The highest BCUT2D eigenvalue weighted by Gasteiger charge is 2.46. The normalized spacial score (nSPS) is 18.7. The Morgan fingerprint density at radius 2 is 1.97 bits per heavy atom. The molecule has 0 bridgehead atoms. The molecule has 9 nitrogen and oxygen atoms in total. The van der Waals surface area contributed by atoms with E-state index in [0.29, 0.717) is 0 Å². The lowest BCUT2D eigenvalue weighted by molar-refractivity contribution is -0.136. The van der Waals surface area contributed by atoms with E-state index in [-0.39, 0.29) is 36.3 Å². The summed E-state index contributed by atoms with van der Waals surface area (Å²) in [6.45, 7) is 0.619. The zero-order valence-electron chi connectivity index (χ0n) is 16.7. The third kappa shape index (κ3) is 4.86. The Morgan fingerprint density at radius 3 is 2.65 bits per heavy atom. The second-order valence-corrected chi connectivity index (χ2v) is 7.31. The van der Waals surface area contributed by atoms with Gasteiger partial charge in [0.15, 0.2) is 0 Å². The Labute approximate surface area is 176 Å². The fourth-order valence-electron chi connectivity index (χ4n) is 3.46. The molecule has 2 aliphatic heterocycles. The molecule has 2 heterocycles. The molecule has 31 heavy (non-hydrogen) atoms. The zero-order chi connectivity index (χ0) is 22.8. The van der Waals surface area contributed by atoms with E-state index in [1.54, 1.807) is 0 Å². The molecule has 1 aromatic rings. The number of halogens is 2. The largest absolute Gasteiger partial charge is 0.492 e. The van der Waals surface area contributed by atoms with Gasteiger partial charge in [0.05, 0.1) is 17.7 Å². The summed E-state index contributed by atoms with van der Waals surface area (Å²) in [5.74, 6) is -6.26. The zero-order valence-corrected chi connectivity index (χ0v) is 16.7. The predicted octanol–water partition coefficient (Wildman–Crippen LogP) is 1.02. The van der Waals surface area contributed by atoms with Crippen LogP contribution in [0.25, 0.3) is 0 Å². The maximum absolute atomic E-state index is 13.9. The van der Waals surface area contributed by atoms with Gasteiger partial charge in [-0.25, -0.2) is 8.78 Å². The number of amides is 5. The van der Waals surface area contributed by atoms with E-state index >= 15 is 0 Å². The summed E-state index contributed by atoms with van der Waals surface area (Å²) >= 11 is 0. The second kappa shape index (κ2) is 8.78. The molecule has 1 aromatic carbocycles. The highest BCUT2D eigenvalue weighted by molar-refractivity contribution is 6.24. The molecule has 2 N–H and O–H groups in total. The van der Waals surface area contributed by atoms with Crippen molar-refractivity contribution in [1.29, 1.82) is 0 Å². The third-order valence-electron chi connectivity index (χ3n) is 5.02. The van der Waals surface area contributed by atoms with Crippen LogP contribution in [-0.2, 0) is 14.4 Å². The van der Waals surface area contributed by atoms with E-state index in [0.717, 1.165) is 4.90 Å². The molecule has 2 aliphatic rings. The summed E-state index contributed by atoms with van der Waals surface area (Å²) in [4.78, 5) is 60.6. The number of hydrogen-bond acceptors (Lipinski definition) is 6. The number of fused-ring (bicyclic) bond motifs is 1. The topological polar surface area (TPSA) is 122 Å². The molecule has 0 radical (unpaired) electrons. The molecule has 1 unspecified atom stereocenters. The summed E-state index contributed by atoms with van der Waals surface area (Å²) in [6, 6.07) is 3.09. The third-order valence-corrected chi connectivity index (χ3v) is 5.02. The van der Waals surface area contributed by atoms with Crippen LogP contribution >= 0.6 is 0 Å². The van der Waals surface area contributed by atoms with Gasteiger partial charge in [-0.3, -0.25) is 34.2 Å². The van der Waals surface area contributed by atoms with Gasteiger partial charge in [0.25, 0.3) is 17.7 Å². The van der Waals surface area contributed by atoms with Crippen molar-refractivity contribution < 1.29 is 37.5 Å². The Kier molecular flexibility index (Phi) is 6.32. The summed E-state index contributed by atoms with van der Waals surface area (Å²) in [5.41, 5.74) is -0.0941. The summed E-state index contributed by atoms with van der Waals surface area (Å²) in [5, 5.41) is 4.39. The molecule has 1 saturated heterocycles. The number of piperidine rings is 1. The minimum absolute atomic E-state index is 0.00428. The number of rotatable bonds is 8. The van der Waals surface area contributed by atoms with Crippen LogP contribution in [-0.4, -0.2) is 59.6 Å². The number of imide groups is 2. The molecule has 3 rings (SSSR count). The molecule has 5 amide bonds. The summed E-state index contributed by atoms with van der Waals surface area (Å²) in [7, 11) is 0. The van der Waals surface area contributed by atoms with Crippen LogP contribution in [0.5, 0.6) is 5.75 Å². The minimum atomic E-state index is -3.10. The molecule has 0 aromatic heterocycles. The molecule has 0 aliphatic carbocycles. The van der Waals surface area contributed by atoms with Crippen molar-refractivity contribution in [1.82, 2.24) is 15.5 Å². The van der Waals surface area contributed by atoms with Gasteiger partial charge in [0.2, 0.25) is 17.7 Å². The number of ether oxygens (including phenoxy) is 1. The number of nitrogens with one attached hydrogen (secondary N) is 2. The fraction of sp³-hybridized carbons (Fsp3) is 0.450. The van der Waals surface area contributed by atoms with Crippen LogP contribution < -0.4 is 15.4 Å². The van der Waals surface area contributed by atoms with Crippen LogP contribution in [0.3, 0.4) is 0 Å². The smallest absolute Gasteiger partial charge is 0.266 e. The standard InChI is InChI=1S/C20H21F2N3O6/c1-11(26)23-9-7-20(21,22)8-10-31-14-4-2-3-12-16(14)19(30)25(18(12)29)13-5-6-15(27)24-17(13)28/h2-4,13H,5-10H2,1H3,(H,23,26)(H,24,27,28). The number of alkyl halides is 2. The van der Waals surface area contributed by atoms with Gasteiger partial charge < -0.3 is 10.1 Å². The number of carbonyl (C=O) groups excluding carboxylic acids is 5. The number of nitrogens with zero attached hydrogens (tertiary/aromatic N) is 1. The van der Waals surface area contributed by atoms with Gasteiger partial charge in [0, 0.05) is 32.7 Å². The van der Waals surface area contributed by atoms with Crippen LogP contribution in [0.2, 0.25) is 0 Å². The van der Waals surface area contributed by atoms with E-state index in [1.807, 2.05) is 0 Å². The van der Waals surface area contributed by atoms with Crippen molar-refractivity contribution in [3.05, 3.63) is 29.3 Å². The average molecular weight is 437 g/mol. The van der Waals surface area contributed by atoms with E-state index in [4.69, 9.17) is 4.74 Å². The van der Waals surface area contributed by atoms with E-state index in [2.05, 4.69) is 10.6 Å². The monoisotopic (exact) mass is 437 g/mol. The van der Waals surface area contributed by atoms with Crippen molar-refractivity contribution >= 4 is 29.5 Å².